The molecule has 0 aromatic heterocycles. The van der Waals surface area contributed by atoms with Gasteiger partial charge in [0.15, 0.2) is 5.78 Å². The van der Waals surface area contributed by atoms with Gasteiger partial charge in [-0.05, 0) is 82.3 Å². The molecule has 5 rings (SSSR count). The number of Topliss-reactive ketones (excluding diaryl/α,β-unsaturated/α-hetero) is 1. The number of carbonyl (C=O) groups is 2. The number of hydrogen-bond acceptors (Lipinski definition) is 3. The van der Waals surface area contributed by atoms with E-state index in [1.54, 1.807) is 6.07 Å². The van der Waals surface area contributed by atoms with Gasteiger partial charge >= 0.3 is 5.97 Å². The first-order valence-electron chi connectivity index (χ1n) is 8.79. The zero-order valence-electron chi connectivity index (χ0n) is 13.9. The number of aryl methyl sites for hydroxylation is 1. The Hall–Kier alpha value is -1.64. The lowest BCUT2D eigenvalue weighted by molar-refractivity contribution is -0.161. The zero-order valence-corrected chi connectivity index (χ0v) is 13.9. The maximum atomic E-state index is 13.0. The molecule has 1 aromatic rings. The highest BCUT2D eigenvalue weighted by Crippen LogP contribution is 2.60. The molecule has 3 heteroatoms. The number of ether oxygens (including phenoxy) is 1. The highest BCUT2D eigenvalue weighted by atomic mass is 16.5. The third-order valence-electron chi connectivity index (χ3n) is 6.19. The summed E-state index contributed by atoms with van der Waals surface area (Å²) in [6.07, 6.45) is 6.86. The van der Waals surface area contributed by atoms with Crippen LogP contribution in [0.25, 0.3) is 0 Å². The molecule has 23 heavy (non-hydrogen) atoms. The summed E-state index contributed by atoms with van der Waals surface area (Å²) in [5.74, 6) is 2.41. The topological polar surface area (TPSA) is 43.4 Å². The average Bonchev–Trinajstić information content (AvgIpc) is 2.47. The summed E-state index contributed by atoms with van der Waals surface area (Å²) < 4.78 is 5.79. The summed E-state index contributed by atoms with van der Waals surface area (Å²) >= 11 is 0. The van der Waals surface area contributed by atoms with E-state index in [4.69, 9.17) is 4.74 Å². The van der Waals surface area contributed by atoms with Crippen LogP contribution < -0.4 is 4.74 Å². The van der Waals surface area contributed by atoms with E-state index in [-0.39, 0.29) is 17.2 Å². The quantitative estimate of drug-likeness (QED) is 0.474. The van der Waals surface area contributed by atoms with Crippen LogP contribution >= 0.6 is 0 Å². The van der Waals surface area contributed by atoms with Crippen molar-refractivity contribution in [2.75, 3.05) is 0 Å². The second-order valence-electron chi connectivity index (χ2n) is 8.14. The largest absolute Gasteiger partial charge is 0.425 e. The zero-order chi connectivity index (χ0) is 16.2. The van der Waals surface area contributed by atoms with Gasteiger partial charge in [-0.15, -0.1) is 0 Å². The van der Waals surface area contributed by atoms with Crippen molar-refractivity contribution in [2.45, 2.75) is 52.4 Å². The number of ketones is 1. The molecule has 0 radical (unpaired) electrons. The lowest BCUT2D eigenvalue weighted by atomic mass is 9.49. The van der Waals surface area contributed by atoms with E-state index in [2.05, 4.69) is 0 Å². The Labute approximate surface area is 137 Å². The SMILES string of the molecule is CC(=O)c1cc(C)ccc1OC(=O)C12CC3CC(CC(C3)C1)C2. The molecule has 4 aliphatic carbocycles. The summed E-state index contributed by atoms with van der Waals surface area (Å²) in [5.41, 5.74) is 1.24. The van der Waals surface area contributed by atoms with Crippen LogP contribution in [0.3, 0.4) is 0 Å². The van der Waals surface area contributed by atoms with Crippen molar-refractivity contribution in [3.05, 3.63) is 29.3 Å². The normalized spacial score (nSPS) is 34.4. The highest BCUT2D eigenvalue weighted by molar-refractivity contribution is 5.98. The predicted molar refractivity (Wildman–Crippen MR) is 87.4 cm³/mol. The maximum Gasteiger partial charge on any atom is 0.317 e. The van der Waals surface area contributed by atoms with E-state index < -0.39 is 0 Å². The van der Waals surface area contributed by atoms with Crippen molar-refractivity contribution in [2.24, 2.45) is 23.2 Å². The smallest absolute Gasteiger partial charge is 0.317 e. The van der Waals surface area contributed by atoms with E-state index in [9.17, 15) is 9.59 Å². The third kappa shape index (κ3) is 2.50. The van der Waals surface area contributed by atoms with Gasteiger partial charge in [-0.2, -0.15) is 0 Å². The third-order valence-corrected chi connectivity index (χ3v) is 6.19. The van der Waals surface area contributed by atoms with E-state index >= 15 is 0 Å². The summed E-state index contributed by atoms with van der Waals surface area (Å²) in [6, 6.07) is 5.48. The van der Waals surface area contributed by atoms with Gasteiger partial charge in [-0.3, -0.25) is 9.59 Å². The van der Waals surface area contributed by atoms with E-state index in [1.807, 2.05) is 19.1 Å². The first kappa shape index (κ1) is 14.9. The average molecular weight is 312 g/mol. The Kier molecular flexibility index (Phi) is 3.36. The number of rotatable bonds is 3. The van der Waals surface area contributed by atoms with Crippen LogP contribution in [-0.2, 0) is 4.79 Å². The highest BCUT2D eigenvalue weighted by Gasteiger charge is 2.55. The van der Waals surface area contributed by atoms with Crippen molar-refractivity contribution < 1.29 is 14.3 Å². The van der Waals surface area contributed by atoms with Gasteiger partial charge in [-0.25, -0.2) is 0 Å². The monoisotopic (exact) mass is 312 g/mol. The number of carbonyl (C=O) groups excluding carboxylic acids is 2. The molecular weight excluding hydrogens is 288 g/mol. The van der Waals surface area contributed by atoms with Gasteiger partial charge in [0.05, 0.1) is 11.0 Å². The van der Waals surface area contributed by atoms with Crippen LogP contribution in [0.1, 0.15) is 61.4 Å². The Morgan fingerprint density at radius 3 is 2.13 bits per heavy atom. The van der Waals surface area contributed by atoms with Gasteiger partial charge in [0.2, 0.25) is 0 Å². The van der Waals surface area contributed by atoms with Gasteiger partial charge in [0.25, 0.3) is 0 Å². The standard InChI is InChI=1S/C20H24O3/c1-12-3-4-18(17(5-12)13(2)21)23-19(22)20-9-14-6-15(10-20)8-16(7-14)11-20/h3-5,14-16H,6-11H2,1-2H3. The van der Waals surface area contributed by atoms with Crippen molar-refractivity contribution >= 4 is 11.8 Å². The van der Waals surface area contributed by atoms with Crippen LogP contribution in [0.2, 0.25) is 0 Å². The van der Waals surface area contributed by atoms with Gasteiger partial charge in [-0.1, -0.05) is 11.6 Å². The summed E-state index contributed by atoms with van der Waals surface area (Å²) in [7, 11) is 0. The minimum Gasteiger partial charge on any atom is -0.425 e. The maximum absolute atomic E-state index is 13.0. The van der Waals surface area contributed by atoms with E-state index in [0.29, 0.717) is 29.1 Å². The molecule has 0 spiro atoms. The van der Waals surface area contributed by atoms with Gasteiger partial charge in [0.1, 0.15) is 5.75 Å². The fourth-order valence-corrected chi connectivity index (χ4v) is 5.58. The second-order valence-corrected chi connectivity index (χ2v) is 8.14. The summed E-state index contributed by atoms with van der Waals surface area (Å²) in [6.45, 7) is 3.47. The molecule has 122 valence electrons. The van der Waals surface area contributed by atoms with Crippen molar-refractivity contribution in [1.29, 1.82) is 0 Å². The Morgan fingerprint density at radius 2 is 1.61 bits per heavy atom. The molecule has 1 aromatic carbocycles. The minimum absolute atomic E-state index is 0.0537. The Balaban J connectivity index is 1.60. The van der Waals surface area contributed by atoms with Gasteiger partial charge < -0.3 is 4.74 Å². The Bertz CT molecular complexity index is 638. The van der Waals surface area contributed by atoms with Crippen LogP contribution in [-0.4, -0.2) is 11.8 Å². The molecule has 0 aliphatic heterocycles. The molecule has 0 N–H and O–H groups in total. The minimum atomic E-state index is -0.284. The van der Waals surface area contributed by atoms with Crippen molar-refractivity contribution in [3.63, 3.8) is 0 Å². The number of esters is 1. The van der Waals surface area contributed by atoms with Gasteiger partial charge in [0, 0.05) is 0 Å². The predicted octanol–water partition coefficient (Wildman–Crippen LogP) is 4.32. The van der Waals surface area contributed by atoms with Crippen molar-refractivity contribution in [1.82, 2.24) is 0 Å². The molecule has 0 amide bonds. The van der Waals surface area contributed by atoms with Crippen LogP contribution in [0.4, 0.5) is 0 Å². The lowest BCUT2D eigenvalue weighted by Crippen LogP contribution is -2.51. The first-order chi connectivity index (χ1) is 10.9. The Morgan fingerprint density at radius 1 is 1.04 bits per heavy atom. The molecule has 0 saturated heterocycles. The van der Waals surface area contributed by atoms with Crippen LogP contribution in [0.15, 0.2) is 18.2 Å². The molecule has 0 atom stereocenters. The molecule has 0 heterocycles. The summed E-state index contributed by atoms with van der Waals surface area (Å²) in [4.78, 5) is 24.8. The molecule has 4 bridgehead atoms. The number of benzene rings is 1. The second kappa shape index (κ2) is 5.19. The fraction of sp³-hybridized carbons (Fsp3) is 0.600. The van der Waals surface area contributed by atoms with E-state index in [0.717, 1.165) is 24.8 Å². The molecule has 4 aliphatic rings. The molecular formula is C20H24O3. The summed E-state index contributed by atoms with van der Waals surface area (Å²) in [5, 5.41) is 0. The first-order valence-corrected chi connectivity index (χ1v) is 8.79. The van der Waals surface area contributed by atoms with Crippen LogP contribution in [0, 0.1) is 30.1 Å². The number of hydrogen-bond donors (Lipinski definition) is 0. The fourth-order valence-electron chi connectivity index (χ4n) is 5.58. The van der Waals surface area contributed by atoms with Crippen LogP contribution in [0.5, 0.6) is 5.75 Å². The molecule has 4 saturated carbocycles. The van der Waals surface area contributed by atoms with Crippen molar-refractivity contribution in [3.8, 4) is 5.75 Å². The van der Waals surface area contributed by atoms with E-state index in [1.165, 1.54) is 26.2 Å². The lowest BCUT2D eigenvalue weighted by Gasteiger charge is -2.55. The molecule has 3 nitrogen and oxygen atoms in total. The molecule has 0 unspecified atom stereocenters. The molecule has 4 fully saturated rings.